The molecule has 0 radical (unpaired) electrons. The maximum Gasteiger partial charge on any atom is 0.254 e. The van der Waals surface area contributed by atoms with Crippen molar-refractivity contribution < 1.29 is 9.90 Å². The quantitative estimate of drug-likeness (QED) is 0.870. The predicted octanol–water partition coefficient (Wildman–Crippen LogP) is 1.36. The minimum atomic E-state index is -0.120. The molecule has 112 valence electrons. The number of amides is 1. The molecule has 0 saturated carbocycles. The molecule has 0 aliphatic heterocycles. The number of pyridine rings is 1. The van der Waals surface area contributed by atoms with E-state index in [4.69, 9.17) is 0 Å². The van der Waals surface area contributed by atoms with Crippen molar-refractivity contribution in [3.8, 4) is 0 Å². The topological polar surface area (TPSA) is 82.1 Å². The van der Waals surface area contributed by atoms with Crippen LogP contribution in [0.5, 0.6) is 0 Å². The first-order chi connectivity index (χ1) is 9.99. The summed E-state index contributed by atoms with van der Waals surface area (Å²) in [5, 5.41) is 9.19. The second kappa shape index (κ2) is 6.49. The zero-order valence-corrected chi connectivity index (χ0v) is 12.6. The Morgan fingerprint density at radius 1 is 1.29 bits per heavy atom. The van der Waals surface area contributed by atoms with Crippen molar-refractivity contribution in [2.75, 3.05) is 13.2 Å². The fourth-order valence-electron chi connectivity index (χ4n) is 2.27. The number of aliphatic hydroxyl groups is 1. The molecule has 0 aliphatic carbocycles. The van der Waals surface area contributed by atoms with Gasteiger partial charge in [-0.05, 0) is 32.9 Å². The molecule has 21 heavy (non-hydrogen) atoms. The highest BCUT2D eigenvalue weighted by Crippen LogP contribution is 2.11. The van der Waals surface area contributed by atoms with Crippen LogP contribution < -0.4 is 0 Å². The molecule has 0 spiro atoms. The van der Waals surface area contributed by atoms with Crippen molar-refractivity contribution >= 4 is 5.91 Å². The third-order valence-electron chi connectivity index (χ3n) is 3.10. The van der Waals surface area contributed by atoms with Gasteiger partial charge >= 0.3 is 0 Å². The molecule has 0 aromatic carbocycles. The fraction of sp³-hybridized carbons (Fsp3) is 0.400. The minimum Gasteiger partial charge on any atom is -0.395 e. The Morgan fingerprint density at radius 2 is 1.95 bits per heavy atom. The van der Waals surface area contributed by atoms with E-state index in [1.807, 2.05) is 20.8 Å². The van der Waals surface area contributed by atoms with Gasteiger partial charge in [-0.1, -0.05) is 0 Å². The number of hydrogen-bond donors (Lipinski definition) is 2. The van der Waals surface area contributed by atoms with Crippen LogP contribution in [0.1, 0.15) is 33.3 Å². The van der Waals surface area contributed by atoms with Crippen molar-refractivity contribution in [1.82, 2.24) is 19.9 Å². The SMILES string of the molecule is Cc1cc(C(=O)N(CCO)Cc2cnc(C)[nH]2)cc(C)n1. The van der Waals surface area contributed by atoms with E-state index in [9.17, 15) is 9.90 Å². The summed E-state index contributed by atoms with van der Waals surface area (Å²) in [5.74, 6) is 0.682. The molecule has 6 nitrogen and oxygen atoms in total. The largest absolute Gasteiger partial charge is 0.395 e. The van der Waals surface area contributed by atoms with Crippen LogP contribution in [0.25, 0.3) is 0 Å². The molecule has 6 heteroatoms. The first kappa shape index (κ1) is 15.2. The number of aliphatic hydroxyl groups excluding tert-OH is 1. The van der Waals surface area contributed by atoms with E-state index in [0.717, 1.165) is 22.9 Å². The lowest BCUT2D eigenvalue weighted by Gasteiger charge is -2.21. The number of nitrogens with one attached hydrogen (secondary N) is 1. The Kier molecular flexibility index (Phi) is 4.70. The average molecular weight is 288 g/mol. The summed E-state index contributed by atoms with van der Waals surface area (Å²) in [7, 11) is 0. The average Bonchev–Trinajstić information content (AvgIpc) is 2.82. The Labute approximate surface area is 123 Å². The molecule has 0 fully saturated rings. The molecule has 2 aromatic rings. The van der Waals surface area contributed by atoms with Gasteiger partial charge in [0.1, 0.15) is 5.82 Å². The molecule has 0 aliphatic rings. The summed E-state index contributed by atoms with van der Waals surface area (Å²) in [5.41, 5.74) is 3.04. The number of nitrogens with zero attached hydrogens (tertiary/aromatic N) is 3. The number of hydrogen-bond acceptors (Lipinski definition) is 4. The standard InChI is InChI=1S/C15H20N4O2/c1-10-6-13(7-11(2)17-10)15(21)19(4-5-20)9-14-8-16-12(3)18-14/h6-8,20H,4-5,9H2,1-3H3,(H,16,18). The summed E-state index contributed by atoms with van der Waals surface area (Å²) in [4.78, 5) is 25.7. The smallest absolute Gasteiger partial charge is 0.254 e. The van der Waals surface area contributed by atoms with E-state index in [1.54, 1.807) is 23.2 Å². The van der Waals surface area contributed by atoms with Crippen molar-refractivity contribution in [2.24, 2.45) is 0 Å². The van der Waals surface area contributed by atoms with Crippen molar-refractivity contribution in [3.63, 3.8) is 0 Å². The Morgan fingerprint density at radius 3 is 2.48 bits per heavy atom. The van der Waals surface area contributed by atoms with E-state index in [1.165, 1.54) is 0 Å². The highest BCUT2D eigenvalue weighted by atomic mass is 16.3. The lowest BCUT2D eigenvalue weighted by Crippen LogP contribution is -2.33. The molecule has 0 saturated heterocycles. The van der Waals surface area contributed by atoms with Gasteiger partial charge in [0.15, 0.2) is 0 Å². The lowest BCUT2D eigenvalue weighted by molar-refractivity contribution is 0.0705. The fourth-order valence-corrected chi connectivity index (χ4v) is 2.27. The summed E-state index contributed by atoms with van der Waals surface area (Å²) in [6.45, 7) is 6.16. The summed E-state index contributed by atoms with van der Waals surface area (Å²) in [6.07, 6.45) is 1.70. The van der Waals surface area contributed by atoms with Gasteiger partial charge in [0.25, 0.3) is 5.91 Å². The predicted molar refractivity (Wildman–Crippen MR) is 78.9 cm³/mol. The number of H-pyrrole nitrogens is 1. The molecule has 0 bridgehead atoms. The number of carbonyl (C=O) groups is 1. The monoisotopic (exact) mass is 288 g/mol. The van der Waals surface area contributed by atoms with Crippen LogP contribution in [-0.2, 0) is 6.54 Å². The maximum absolute atomic E-state index is 12.6. The van der Waals surface area contributed by atoms with Crippen molar-refractivity contribution in [2.45, 2.75) is 27.3 Å². The van der Waals surface area contributed by atoms with E-state index in [2.05, 4.69) is 15.0 Å². The number of aryl methyl sites for hydroxylation is 3. The maximum atomic E-state index is 12.6. The lowest BCUT2D eigenvalue weighted by atomic mass is 10.1. The van der Waals surface area contributed by atoms with E-state index >= 15 is 0 Å². The number of aromatic amines is 1. The molecule has 2 heterocycles. The second-order valence-electron chi connectivity index (χ2n) is 5.08. The van der Waals surface area contributed by atoms with Crippen LogP contribution in [0.3, 0.4) is 0 Å². The van der Waals surface area contributed by atoms with Crippen LogP contribution in [0.4, 0.5) is 0 Å². The van der Waals surface area contributed by atoms with Crippen molar-refractivity contribution in [3.05, 3.63) is 46.8 Å². The first-order valence-corrected chi connectivity index (χ1v) is 6.85. The van der Waals surface area contributed by atoms with Gasteiger partial charge in [0, 0.05) is 23.5 Å². The van der Waals surface area contributed by atoms with Crippen LogP contribution in [0.15, 0.2) is 18.3 Å². The Bertz CT molecular complexity index is 616. The van der Waals surface area contributed by atoms with E-state index in [-0.39, 0.29) is 19.1 Å². The first-order valence-electron chi connectivity index (χ1n) is 6.85. The molecule has 0 atom stereocenters. The highest BCUT2D eigenvalue weighted by Gasteiger charge is 2.17. The summed E-state index contributed by atoms with van der Waals surface area (Å²) < 4.78 is 0. The van der Waals surface area contributed by atoms with Crippen LogP contribution in [-0.4, -0.2) is 44.0 Å². The molecule has 2 rings (SSSR count). The molecular formula is C15H20N4O2. The van der Waals surface area contributed by atoms with Gasteiger partial charge in [-0.3, -0.25) is 9.78 Å². The highest BCUT2D eigenvalue weighted by molar-refractivity contribution is 5.94. The molecule has 2 N–H and O–H groups in total. The van der Waals surface area contributed by atoms with Gasteiger partial charge in [-0.25, -0.2) is 4.98 Å². The number of carbonyl (C=O) groups excluding carboxylic acids is 1. The molecular weight excluding hydrogens is 268 g/mol. The second-order valence-corrected chi connectivity index (χ2v) is 5.08. The number of aromatic nitrogens is 3. The molecule has 0 unspecified atom stereocenters. The van der Waals surface area contributed by atoms with Gasteiger partial charge in [0.2, 0.25) is 0 Å². The third kappa shape index (κ3) is 3.88. The number of imidazole rings is 1. The van der Waals surface area contributed by atoms with Crippen LogP contribution in [0.2, 0.25) is 0 Å². The van der Waals surface area contributed by atoms with Crippen LogP contribution >= 0.6 is 0 Å². The van der Waals surface area contributed by atoms with Crippen molar-refractivity contribution in [1.29, 1.82) is 0 Å². The number of rotatable bonds is 5. The third-order valence-corrected chi connectivity index (χ3v) is 3.10. The Balaban J connectivity index is 2.22. The zero-order chi connectivity index (χ0) is 15.4. The zero-order valence-electron chi connectivity index (χ0n) is 12.6. The summed E-state index contributed by atoms with van der Waals surface area (Å²) in [6, 6.07) is 3.52. The summed E-state index contributed by atoms with van der Waals surface area (Å²) >= 11 is 0. The van der Waals surface area contributed by atoms with E-state index in [0.29, 0.717) is 12.1 Å². The van der Waals surface area contributed by atoms with Crippen LogP contribution in [0, 0.1) is 20.8 Å². The van der Waals surface area contributed by atoms with Gasteiger partial charge in [0.05, 0.1) is 25.0 Å². The normalized spacial score (nSPS) is 10.7. The Hall–Kier alpha value is -2.21. The molecule has 2 aromatic heterocycles. The van der Waals surface area contributed by atoms with Gasteiger partial charge in [-0.15, -0.1) is 0 Å². The van der Waals surface area contributed by atoms with Gasteiger partial charge < -0.3 is 15.0 Å². The van der Waals surface area contributed by atoms with Gasteiger partial charge in [-0.2, -0.15) is 0 Å². The molecule has 1 amide bonds. The van der Waals surface area contributed by atoms with E-state index < -0.39 is 0 Å². The minimum absolute atomic E-state index is 0.0814.